The van der Waals surface area contributed by atoms with Gasteiger partial charge in [-0.15, -0.1) is 11.3 Å². The fourth-order valence-electron chi connectivity index (χ4n) is 3.09. The van der Waals surface area contributed by atoms with Crippen LogP contribution in [0.4, 0.5) is 13.2 Å². The van der Waals surface area contributed by atoms with Crippen molar-refractivity contribution in [3.8, 4) is 17.0 Å². The van der Waals surface area contributed by atoms with Crippen molar-refractivity contribution in [2.45, 2.75) is 12.7 Å². The van der Waals surface area contributed by atoms with Gasteiger partial charge < -0.3 is 5.11 Å². The number of aromatic nitrogens is 3. The van der Waals surface area contributed by atoms with Crippen LogP contribution in [0.25, 0.3) is 16.8 Å². The summed E-state index contributed by atoms with van der Waals surface area (Å²) in [6.45, 7) is 0.0597. The molecular weight excluding hydrogens is 507 g/mol. The molecule has 154 valence electrons. The number of thiazole rings is 1. The molecule has 0 aliphatic heterocycles. The Bertz CT molecular complexity index is 1340. The molecule has 0 saturated carbocycles. The van der Waals surface area contributed by atoms with E-state index in [0.717, 1.165) is 23.5 Å². The number of nitrogens with zero attached hydrogens (tertiary/aromatic N) is 3. The van der Waals surface area contributed by atoms with E-state index < -0.39 is 23.2 Å². The third-order valence-electron chi connectivity index (χ3n) is 4.36. The van der Waals surface area contributed by atoms with Gasteiger partial charge in [0.2, 0.25) is 0 Å². The van der Waals surface area contributed by atoms with Crippen LogP contribution in [0.5, 0.6) is 5.88 Å². The van der Waals surface area contributed by atoms with E-state index >= 15 is 0 Å². The highest BCUT2D eigenvalue weighted by Crippen LogP contribution is 2.35. The fourth-order valence-corrected chi connectivity index (χ4v) is 4.55. The molecule has 0 aliphatic carbocycles. The summed E-state index contributed by atoms with van der Waals surface area (Å²) in [5.41, 5.74) is -1.86. The maximum absolute atomic E-state index is 13.3. The quantitative estimate of drug-likeness (QED) is 0.382. The van der Waals surface area contributed by atoms with Crippen molar-refractivity contribution >= 4 is 44.5 Å². The van der Waals surface area contributed by atoms with Crippen molar-refractivity contribution < 1.29 is 22.8 Å². The summed E-state index contributed by atoms with van der Waals surface area (Å²) in [4.78, 5) is 17.6. The Morgan fingerprint density at radius 1 is 1.27 bits per heavy atom. The molecule has 0 radical (unpaired) electrons. The van der Waals surface area contributed by atoms with Crippen LogP contribution in [0.15, 0.2) is 58.1 Å². The molecule has 0 atom stereocenters. The lowest BCUT2D eigenvalue weighted by Gasteiger charge is -2.17. The monoisotopic (exact) mass is 515 g/mol. The van der Waals surface area contributed by atoms with Crippen molar-refractivity contribution in [3.63, 3.8) is 0 Å². The second-order valence-corrected chi connectivity index (χ2v) is 8.92. The van der Waals surface area contributed by atoms with Gasteiger partial charge in [0.05, 0.1) is 22.5 Å². The highest BCUT2D eigenvalue weighted by atomic mass is 79.9. The van der Waals surface area contributed by atoms with Crippen LogP contribution in [-0.2, 0) is 12.7 Å². The maximum Gasteiger partial charge on any atom is 0.416 e. The zero-order valence-corrected chi connectivity index (χ0v) is 17.9. The van der Waals surface area contributed by atoms with Crippen LogP contribution < -0.4 is 15.2 Å². The summed E-state index contributed by atoms with van der Waals surface area (Å²) in [5.74, 6) is -0.707. The molecule has 0 fully saturated rings. The molecule has 0 N–H and O–H groups in total. The van der Waals surface area contributed by atoms with Crippen molar-refractivity contribution in [3.05, 3.63) is 78.5 Å². The van der Waals surface area contributed by atoms with E-state index in [1.54, 1.807) is 18.2 Å². The van der Waals surface area contributed by atoms with Crippen LogP contribution in [0.2, 0.25) is 4.47 Å². The molecule has 3 heterocycles. The minimum atomic E-state index is -4.63. The first-order chi connectivity index (χ1) is 14.1. The molecule has 0 amide bonds. The van der Waals surface area contributed by atoms with Gasteiger partial charge in [0, 0.05) is 16.7 Å². The number of halogens is 5. The van der Waals surface area contributed by atoms with E-state index in [2.05, 4.69) is 20.9 Å². The lowest BCUT2D eigenvalue weighted by atomic mass is 10.0. The van der Waals surface area contributed by atoms with Crippen LogP contribution in [0.1, 0.15) is 10.4 Å². The molecule has 1 aromatic carbocycles. The van der Waals surface area contributed by atoms with Gasteiger partial charge in [-0.1, -0.05) is 33.6 Å². The molecule has 0 spiro atoms. The van der Waals surface area contributed by atoms with Gasteiger partial charge in [0.1, 0.15) is 12.1 Å². The van der Waals surface area contributed by atoms with Crippen LogP contribution in [-0.4, -0.2) is 9.38 Å². The summed E-state index contributed by atoms with van der Waals surface area (Å²) in [6.07, 6.45) is -1.67. The average molecular weight is 517 g/mol. The highest BCUT2D eigenvalue weighted by molar-refractivity contribution is 9.10. The third-order valence-corrected chi connectivity index (χ3v) is 5.92. The lowest BCUT2D eigenvalue weighted by Crippen LogP contribution is -2.44. The minimum absolute atomic E-state index is 0.0597. The number of benzene rings is 1. The molecule has 0 unspecified atom stereocenters. The lowest BCUT2D eigenvalue weighted by molar-refractivity contribution is -0.707. The van der Waals surface area contributed by atoms with Gasteiger partial charge in [0.15, 0.2) is 4.47 Å². The Labute approximate surface area is 184 Å². The first kappa shape index (κ1) is 20.8. The Morgan fingerprint density at radius 2 is 2.03 bits per heavy atom. The number of fused-ring (bicyclic) bond motifs is 1. The SMILES string of the molecule is O=c1c(-c2cc(Br)cc(C(F)(F)F)c2)c([O-])[n+](Cc2cnc(Cl)s2)c2ccccn12. The van der Waals surface area contributed by atoms with E-state index in [0.29, 0.717) is 10.5 Å². The Hall–Kier alpha value is -2.43. The molecule has 5 nitrogen and oxygen atoms in total. The molecule has 0 saturated heterocycles. The first-order valence-corrected chi connectivity index (χ1v) is 10.4. The minimum Gasteiger partial charge on any atom is -0.842 e. The Morgan fingerprint density at radius 3 is 2.70 bits per heavy atom. The summed E-state index contributed by atoms with van der Waals surface area (Å²) in [5, 5.41) is 13.3. The second kappa shape index (κ2) is 7.68. The first-order valence-electron chi connectivity index (χ1n) is 8.38. The summed E-state index contributed by atoms with van der Waals surface area (Å²) < 4.78 is 42.8. The third kappa shape index (κ3) is 3.82. The van der Waals surface area contributed by atoms with Crippen LogP contribution >= 0.6 is 38.9 Å². The molecule has 4 rings (SSSR count). The zero-order valence-electron chi connectivity index (χ0n) is 14.8. The predicted molar refractivity (Wildman–Crippen MR) is 108 cm³/mol. The molecule has 11 heteroatoms. The molecule has 4 aromatic rings. The van der Waals surface area contributed by atoms with Gasteiger partial charge in [-0.2, -0.15) is 17.6 Å². The van der Waals surface area contributed by atoms with E-state index in [4.69, 9.17) is 11.6 Å². The van der Waals surface area contributed by atoms with Gasteiger partial charge in [0.25, 0.3) is 5.65 Å². The number of hydrogen-bond donors (Lipinski definition) is 0. The number of rotatable bonds is 3. The topological polar surface area (TPSA) is 61.3 Å². The van der Waals surface area contributed by atoms with Gasteiger partial charge >= 0.3 is 11.7 Å². The molecule has 30 heavy (non-hydrogen) atoms. The standard InChI is InChI=1S/C19H10BrClF3N3O2S/c20-12-6-10(5-11(7-12)19(22,23)24)15-16(28)26-4-2-1-3-14(26)27(17(15)29)9-13-8-25-18(21)30-13/h1-8H,9H2. The number of hydrogen-bond acceptors (Lipinski definition) is 4. The fraction of sp³-hybridized carbons (Fsp3) is 0.105. The number of alkyl halides is 3. The van der Waals surface area contributed by atoms with Crippen molar-refractivity contribution in [1.29, 1.82) is 0 Å². The largest absolute Gasteiger partial charge is 0.842 e. The Balaban J connectivity index is 2.02. The van der Waals surface area contributed by atoms with Gasteiger partial charge in [-0.05, 0) is 29.8 Å². The van der Waals surface area contributed by atoms with Gasteiger partial charge in [-0.3, -0.25) is 0 Å². The molecule has 0 aliphatic rings. The van der Waals surface area contributed by atoms with Crippen LogP contribution in [0.3, 0.4) is 0 Å². The van der Waals surface area contributed by atoms with E-state index in [9.17, 15) is 23.1 Å². The molecule has 0 bridgehead atoms. The predicted octanol–water partition coefficient (Wildman–Crippen LogP) is 4.27. The Kier molecular flexibility index (Phi) is 5.33. The number of pyridine rings is 1. The van der Waals surface area contributed by atoms with E-state index in [1.807, 2.05) is 0 Å². The molecular formula is C19H10BrClF3N3O2S. The van der Waals surface area contributed by atoms with Crippen molar-refractivity contribution in [2.75, 3.05) is 0 Å². The summed E-state index contributed by atoms with van der Waals surface area (Å²) in [7, 11) is 0. The maximum atomic E-state index is 13.3. The smallest absolute Gasteiger partial charge is 0.416 e. The van der Waals surface area contributed by atoms with Crippen molar-refractivity contribution in [2.24, 2.45) is 0 Å². The zero-order chi connectivity index (χ0) is 21.6. The summed E-state index contributed by atoms with van der Waals surface area (Å²) >= 11 is 10.1. The van der Waals surface area contributed by atoms with Gasteiger partial charge in [-0.25, -0.2) is 14.3 Å². The van der Waals surface area contributed by atoms with Crippen molar-refractivity contribution in [1.82, 2.24) is 9.38 Å². The molecule has 3 aromatic heterocycles. The average Bonchev–Trinajstić information content (AvgIpc) is 3.09. The normalized spacial score (nSPS) is 11.9. The summed E-state index contributed by atoms with van der Waals surface area (Å²) in [6, 6.07) is 7.84. The highest BCUT2D eigenvalue weighted by Gasteiger charge is 2.32. The van der Waals surface area contributed by atoms with E-state index in [-0.39, 0.29) is 26.6 Å². The second-order valence-electron chi connectivity index (χ2n) is 6.31. The van der Waals surface area contributed by atoms with E-state index in [1.165, 1.54) is 27.4 Å². The van der Waals surface area contributed by atoms with Crippen LogP contribution in [0, 0.1) is 0 Å².